The number of aromatic nitrogens is 1. The Bertz CT molecular complexity index is 583. The van der Waals surface area contributed by atoms with Gasteiger partial charge >= 0.3 is 0 Å². The minimum Gasteiger partial charge on any atom is -0.395 e. The summed E-state index contributed by atoms with van der Waals surface area (Å²) in [5, 5.41) is 9.13. The summed E-state index contributed by atoms with van der Waals surface area (Å²) in [5.74, 6) is 0.496. The van der Waals surface area contributed by atoms with Crippen molar-refractivity contribution in [2.24, 2.45) is 0 Å². The van der Waals surface area contributed by atoms with Crippen molar-refractivity contribution in [3.05, 3.63) is 65.5 Å². The van der Waals surface area contributed by atoms with Gasteiger partial charge in [0.1, 0.15) is 0 Å². The molecular weight excluding hydrogens is 272 g/mol. The molecule has 3 heteroatoms. The first-order chi connectivity index (χ1) is 10.8. The molecule has 0 spiro atoms. The molecule has 0 aliphatic carbocycles. The van der Waals surface area contributed by atoms with E-state index in [4.69, 9.17) is 10.1 Å². The van der Waals surface area contributed by atoms with Crippen molar-refractivity contribution in [3.8, 4) is 0 Å². The summed E-state index contributed by atoms with van der Waals surface area (Å²) >= 11 is 0. The van der Waals surface area contributed by atoms with Gasteiger partial charge < -0.3 is 10.0 Å². The number of nitrogens with zero attached hydrogens (tertiary/aromatic N) is 2. The fraction of sp³-hybridized carbons (Fsp3) is 0.421. The topological polar surface area (TPSA) is 36.4 Å². The van der Waals surface area contributed by atoms with E-state index in [2.05, 4.69) is 47.4 Å². The smallest absolute Gasteiger partial charge is 0.0558 e. The third kappa shape index (κ3) is 3.93. The second-order valence-corrected chi connectivity index (χ2v) is 6.08. The minimum absolute atomic E-state index is 0.244. The van der Waals surface area contributed by atoms with Gasteiger partial charge in [0.05, 0.1) is 6.61 Å². The number of likely N-dealkylation sites (tertiary alicyclic amines) is 1. The first-order valence-electron chi connectivity index (χ1n) is 8.18. The predicted molar refractivity (Wildman–Crippen MR) is 89.0 cm³/mol. The number of piperidine rings is 1. The summed E-state index contributed by atoms with van der Waals surface area (Å²) in [7, 11) is 0. The van der Waals surface area contributed by atoms with E-state index in [1.54, 1.807) is 0 Å². The van der Waals surface area contributed by atoms with Crippen molar-refractivity contribution in [2.45, 2.75) is 25.2 Å². The molecule has 1 saturated heterocycles. The molecule has 1 aliphatic rings. The van der Waals surface area contributed by atoms with Crippen LogP contribution in [0.2, 0.25) is 0 Å². The highest BCUT2D eigenvalue weighted by Gasteiger charge is 2.22. The highest BCUT2D eigenvalue weighted by Crippen LogP contribution is 2.25. The van der Waals surface area contributed by atoms with Crippen LogP contribution in [0.3, 0.4) is 0 Å². The van der Waals surface area contributed by atoms with Gasteiger partial charge in [0.15, 0.2) is 0 Å². The van der Waals surface area contributed by atoms with Gasteiger partial charge in [0.25, 0.3) is 0 Å². The number of β-amino-alcohol motifs (C(OH)–C–C–N with tert-alkyl or cyclic N) is 1. The van der Waals surface area contributed by atoms with Gasteiger partial charge in [-0.2, -0.15) is 0 Å². The molecule has 0 bridgehead atoms. The average Bonchev–Trinajstić information content (AvgIpc) is 2.57. The average molecular weight is 296 g/mol. The lowest BCUT2D eigenvalue weighted by Gasteiger charge is -2.32. The highest BCUT2D eigenvalue weighted by molar-refractivity contribution is 5.24. The van der Waals surface area contributed by atoms with Crippen molar-refractivity contribution in [1.29, 1.82) is 0 Å². The molecule has 3 rings (SSSR count). The molecule has 2 aromatic rings. The number of aliphatic hydroxyl groups excluding tert-OH is 1. The molecule has 0 amide bonds. The number of rotatable bonds is 5. The van der Waals surface area contributed by atoms with Gasteiger partial charge in [0.2, 0.25) is 0 Å². The number of hydrogen-bond donors (Lipinski definition) is 1. The zero-order chi connectivity index (χ0) is 15.2. The Balaban J connectivity index is 1.70. The first kappa shape index (κ1) is 15.2. The number of pyridine rings is 1. The van der Waals surface area contributed by atoms with Gasteiger partial charge in [-0.3, -0.25) is 4.98 Å². The van der Waals surface area contributed by atoms with Crippen LogP contribution in [0.15, 0.2) is 48.5 Å². The zero-order valence-electron chi connectivity index (χ0n) is 13.0. The molecule has 0 saturated carbocycles. The van der Waals surface area contributed by atoms with Crippen molar-refractivity contribution < 1.29 is 5.11 Å². The van der Waals surface area contributed by atoms with Crippen LogP contribution in [0, 0.1) is 0 Å². The molecule has 1 fully saturated rings. The zero-order valence-corrected chi connectivity index (χ0v) is 13.0. The van der Waals surface area contributed by atoms with Crippen LogP contribution in [0.25, 0.3) is 0 Å². The van der Waals surface area contributed by atoms with Crippen LogP contribution in [-0.2, 0) is 6.42 Å². The SMILES string of the molecule is OCCN1CCCC(c2cccc(Cc3ccccc3)n2)C1. The lowest BCUT2D eigenvalue weighted by atomic mass is 9.94. The summed E-state index contributed by atoms with van der Waals surface area (Å²) in [6.45, 7) is 3.14. The van der Waals surface area contributed by atoms with E-state index in [-0.39, 0.29) is 6.61 Å². The molecule has 116 valence electrons. The second-order valence-electron chi connectivity index (χ2n) is 6.08. The Morgan fingerprint density at radius 2 is 1.95 bits per heavy atom. The monoisotopic (exact) mass is 296 g/mol. The number of aliphatic hydroxyl groups is 1. The fourth-order valence-corrected chi connectivity index (χ4v) is 3.27. The van der Waals surface area contributed by atoms with E-state index in [0.29, 0.717) is 5.92 Å². The van der Waals surface area contributed by atoms with E-state index < -0.39 is 0 Å². The van der Waals surface area contributed by atoms with Crippen LogP contribution < -0.4 is 0 Å². The standard InChI is InChI=1S/C19H24N2O/c22-13-12-21-11-5-8-17(15-21)19-10-4-9-18(20-19)14-16-6-2-1-3-7-16/h1-4,6-7,9-10,17,22H,5,8,11-15H2. The summed E-state index contributed by atoms with van der Waals surface area (Å²) in [5.41, 5.74) is 3.65. The number of benzene rings is 1. The normalized spacial score (nSPS) is 19.2. The van der Waals surface area contributed by atoms with Gasteiger partial charge in [0, 0.05) is 36.8 Å². The van der Waals surface area contributed by atoms with E-state index in [1.807, 2.05) is 6.07 Å². The minimum atomic E-state index is 0.244. The van der Waals surface area contributed by atoms with Gasteiger partial charge in [-0.05, 0) is 37.1 Å². The molecule has 1 aliphatic heterocycles. The van der Waals surface area contributed by atoms with Gasteiger partial charge in [-0.1, -0.05) is 36.4 Å². The van der Waals surface area contributed by atoms with Crippen molar-refractivity contribution in [1.82, 2.24) is 9.88 Å². The van der Waals surface area contributed by atoms with Crippen molar-refractivity contribution in [3.63, 3.8) is 0 Å². The fourth-order valence-electron chi connectivity index (χ4n) is 3.27. The molecule has 1 atom stereocenters. The second kappa shape index (κ2) is 7.52. The molecule has 3 nitrogen and oxygen atoms in total. The summed E-state index contributed by atoms with van der Waals surface area (Å²) in [6, 6.07) is 16.9. The summed E-state index contributed by atoms with van der Waals surface area (Å²) < 4.78 is 0. The van der Waals surface area contributed by atoms with Crippen LogP contribution in [-0.4, -0.2) is 41.2 Å². The molecule has 1 unspecified atom stereocenters. The maximum absolute atomic E-state index is 9.13. The van der Waals surface area contributed by atoms with Gasteiger partial charge in [-0.25, -0.2) is 0 Å². The van der Waals surface area contributed by atoms with Crippen LogP contribution in [0.5, 0.6) is 0 Å². The van der Waals surface area contributed by atoms with Gasteiger partial charge in [-0.15, -0.1) is 0 Å². The predicted octanol–water partition coefficient (Wildman–Crippen LogP) is 2.84. The van der Waals surface area contributed by atoms with Crippen molar-refractivity contribution >= 4 is 0 Å². The molecule has 0 radical (unpaired) electrons. The first-order valence-corrected chi connectivity index (χ1v) is 8.18. The largest absolute Gasteiger partial charge is 0.395 e. The molecule has 22 heavy (non-hydrogen) atoms. The van der Waals surface area contributed by atoms with Crippen LogP contribution in [0.1, 0.15) is 35.7 Å². The van der Waals surface area contributed by atoms with E-state index in [0.717, 1.165) is 31.7 Å². The van der Waals surface area contributed by atoms with E-state index in [1.165, 1.54) is 24.1 Å². The number of hydrogen-bond acceptors (Lipinski definition) is 3. The Labute approximate surface area is 132 Å². The Kier molecular flexibility index (Phi) is 5.20. The summed E-state index contributed by atoms with van der Waals surface area (Å²) in [6.07, 6.45) is 3.28. The molecule has 2 heterocycles. The highest BCUT2D eigenvalue weighted by atomic mass is 16.3. The quantitative estimate of drug-likeness (QED) is 0.921. The maximum Gasteiger partial charge on any atom is 0.0558 e. The van der Waals surface area contributed by atoms with E-state index >= 15 is 0 Å². The molecule has 1 aromatic heterocycles. The van der Waals surface area contributed by atoms with Crippen molar-refractivity contribution in [2.75, 3.05) is 26.2 Å². The molecular formula is C19H24N2O. The third-order valence-corrected chi connectivity index (χ3v) is 4.40. The van der Waals surface area contributed by atoms with Crippen LogP contribution >= 0.6 is 0 Å². The maximum atomic E-state index is 9.13. The molecule has 1 N–H and O–H groups in total. The van der Waals surface area contributed by atoms with E-state index in [9.17, 15) is 0 Å². The van der Waals surface area contributed by atoms with Crippen LogP contribution in [0.4, 0.5) is 0 Å². The third-order valence-electron chi connectivity index (χ3n) is 4.40. The Morgan fingerprint density at radius 1 is 1.09 bits per heavy atom. The lowest BCUT2D eigenvalue weighted by molar-refractivity contribution is 0.160. The Hall–Kier alpha value is -1.71. The lowest BCUT2D eigenvalue weighted by Crippen LogP contribution is -2.36. The Morgan fingerprint density at radius 3 is 2.77 bits per heavy atom. The summed E-state index contributed by atoms with van der Waals surface area (Å²) in [4.78, 5) is 7.24. The molecule has 1 aromatic carbocycles.